The van der Waals surface area contributed by atoms with Crippen LogP contribution in [-0.4, -0.2) is 29.5 Å². The van der Waals surface area contributed by atoms with Gasteiger partial charge in [-0.15, -0.1) is 0 Å². The lowest BCUT2D eigenvalue weighted by molar-refractivity contribution is 0.398. The fourth-order valence-corrected chi connectivity index (χ4v) is 5.01. The van der Waals surface area contributed by atoms with Gasteiger partial charge < -0.3 is 21.3 Å². The Bertz CT molecular complexity index is 1260. The first kappa shape index (κ1) is 30.7. The molecule has 3 aromatic rings. The predicted molar refractivity (Wildman–Crippen MR) is 172 cm³/mol. The van der Waals surface area contributed by atoms with E-state index < -0.39 is 0 Å². The van der Waals surface area contributed by atoms with Crippen molar-refractivity contribution in [2.45, 2.75) is 65.0 Å². The van der Waals surface area contributed by atoms with Crippen LogP contribution in [0.2, 0.25) is 0 Å². The van der Waals surface area contributed by atoms with Crippen molar-refractivity contribution < 1.29 is 0 Å². The summed E-state index contributed by atoms with van der Waals surface area (Å²) >= 11 is 0. The van der Waals surface area contributed by atoms with E-state index in [1.807, 2.05) is 33.9 Å². The van der Waals surface area contributed by atoms with E-state index in [0.717, 1.165) is 67.3 Å². The molecule has 4 N–H and O–H groups in total. The van der Waals surface area contributed by atoms with Gasteiger partial charge in [0.25, 0.3) is 0 Å². The highest BCUT2D eigenvalue weighted by molar-refractivity contribution is 5.64. The zero-order valence-electron chi connectivity index (χ0n) is 24.8. The number of pyridine rings is 1. The monoisotopic (exact) mass is 537 g/mol. The molecule has 40 heavy (non-hydrogen) atoms. The van der Waals surface area contributed by atoms with Gasteiger partial charge in [-0.05, 0) is 67.3 Å². The van der Waals surface area contributed by atoms with Crippen LogP contribution >= 0.6 is 0 Å². The minimum atomic E-state index is 0.116. The molecular weight excluding hydrogens is 490 g/mol. The molecule has 1 saturated heterocycles. The molecule has 2 atom stereocenters. The summed E-state index contributed by atoms with van der Waals surface area (Å²) in [5.74, 6) is 0.929. The number of rotatable bonds is 7. The largest absolute Gasteiger partial charge is 0.390 e. The molecule has 2 aliphatic rings. The maximum absolute atomic E-state index is 5.82. The first-order valence-electron chi connectivity index (χ1n) is 14.5. The molecule has 5 heteroatoms. The zero-order chi connectivity index (χ0) is 29.1. The SMILES string of the molecule is C=C1CCc2ccc(C(=C)N3CCCC3C(=C)NC)nc2N1.CC.CC(N)c1ccc(Cc2ccccc2)cc1. The number of allylic oxidation sites excluding steroid dienone is 1. The van der Waals surface area contributed by atoms with Crippen LogP contribution in [0.5, 0.6) is 0 Å². The summed E-state index contributed by atoms with van der Waals surface area (Å²) in [5.41, 5.74) is 14.9. The predicted octanol–water partition coefficient (Wildman–Crippen LogP) is 7.44. The number of benzene rings is 2. The third-order valence-electron chi connectivity index (χ3n) is 7.35. The van der Waals surface area contributed by atoms with Crippen LogP contribution in [0.3, 0.4) is 0 Å². The number of likely N-dealkylation sites (tertiary alicyclic amines) is 1. The second-order valence-electron chi connectivity index (χ2n) is 10.2. The second-order valence-corrected chi connectivity index (χ2v) is 10.2. The van der Waals surface area contributed by atoms with Crippen molar-refractivity contribution in [3.63, 3.8) is 0 Å². The summed E-state index contributed by atoms with van der Waals surface area (Å²) in [7, 11) is 1.92. The fourth-order valence-electron chi connectivity index (χ4n) is 5.01. The summed E-state index contributed by atoms with van der Waals surface area (Å²) in [6, 6.07) is 23.7. The highest BCUT2D eigenvalue weighted by Crippen LogP contribution is 2.31. The zero-order valence-corrected chi connectivity index (χ0v) is 24.8. The molecule has 0 saturated carbocycles. The Kier molecular flexibility index (Phi) is 11.6. The van der Waals surface area contributed by atoms with Crippen LogP contribution in [0, 0.1) is 0 Å². The molecule has 0 bridgehead atoms. The van der Waals surface area contributed by atoms with Gasteiger partial charge in [-0.25, -0.2) is 4.98 Å². The van der Waals surface area contributed by atoms with E-state index in [1.165, 1.54) is 22.3 Å². The molecular formula is C35H47N5. The number of aromatic nitrogens is 1. The molecule has 0 aliphatic carbocycles. The summed E-state index contributed by atoms with van der Waals surface area (Å²) < 4.78 is 0. The summed E-state index contributed by atoms with van der Waals surface area (Å²) in [6.45, 7) is 19.4. The molecule has 212 valence electrons. The van der Waals surface area contributed by atoms with E-state index in [0.29, 0.717) is 6.04 Å². The number of hydrogen-bond acceptors (Lipinski definition) is 5. The van der Waals surface area contributed by atoms with Crippen molar-refractivity contribution in [2.75, 3.05) is 18.9 Å². The Morgan fingerprint density at radius 3 is 2.35 bits per heavy atom. The number of anilines is 1. The molecule has 1 fully saturated rings. The highest BCUT2D eigenvalue weighted by atomic mass is 15.2. The first-order valence-corrected chi connectivity index (χ1v) is 14.5. The summed E-state index contributed by atoms with van der Waals surface area (Å²) in [6.07, 6.45) is 5.23. The number of fused-ring (bicyclic) bond motifs is 1. The minimum Gasteiger partial charge on any atom is -0.390 e. The lowest BCUT2D eigenvalue weighted by Crippen LogP contribution is -2.33. The van der Waals surface area contributed by atoms with Gasteiger partial charge in [-0.3, -0.25) is 0 Å². The first-order chi connectivity index (χ1) is 19.4. The topological polar surface area (TPSA) is 66.2 Å². The van der Waals surface area contributed by atoms with Gasteiger partial charge in [0.15, 0.2) is 0 Å². The van der Waals surface area contributed by atoms with Gasteiger partial charge >= 0.3 is 0 Å². The third kappa shape index (κ3) is 8.09. The fraction of sp³-hybridized carbons (Fsp3) is 0.343. The molecule has 2 aliphatic heterocycles. The summed E-state index contributed by atoms with van der Waals surface area (Å²) in [5, 5.41) is 6.47. The number of hydrogen-bond donors (Lipinski definition) is 3. The Morgan fingerprint density at radius 1 is 1.02 bits per heavy atom. The molecule has 2 unspecified atom stereocenters. The normalized spacial score (nSPS) is 16.3. The van der Waals surface area contributed by atoms with Crippen LogP contribution < -0.4 is 16.4 Å². The maximum Gasteiger partial charge on any atom is 0.134 e. The van der Waals surface area contributed by atoms with Crippen molar-refractivity contribution in [1.82, 2.24) is 15.2 Å². The number of nitrogens with two attached hydrogens (primary N) is 1. The molecule has 0 spiro atoms. The molecule has 5 nitrogen and oxygen atoms in total. The molecule has 0 amide bonds. The van der Waals surface area contributed by atoms with Crippen molar-refractivity contribution in [1.29, 1.82) is 0 Å². The Morgan fingerprint density at radius 2 is 1.70 bits per heavy atom. The Balaban J connectivity index is 0.000000217. The van der Waals surface area contributed by atoms with Gasteiger partial charge in [-0.2, -0.15) is 0 Å². The van der Waals surface area contributed by atoms with E-state index >= 15 is 0 Å². The number of aryl methyl sites for hydroxylation is 1. The van der Waals surface area contributed by atoms with E-state index in [9.17, 15) is 0 Å². The van der Waals surface area contributed by atoms with Crippen molar-refractivity contribution >= 4 is 11.5 Å². The van der Waals surface area contributed by atoms with Crippen LogP contribution in [0.25, 0.3) is 5.70 Å². The van der Waals surface area contributed by atoms with Gasteiger partial charge in [-0.1, -0.05) is 94.2 Å². The molecule has 3 heterocycles. The average molecular weight is 538 g/mol. The van der Waals surface area contributed by atoms with Crippen LogP contribution in [-0.2, 0) is 12.8 Å². The van der Waals surface area contributed by atoms with E-state index in [2.05, 4.69) is 95.9 Å². The van der Waals surface area contributed by atoms with Gasteiger partial charge in [0.1, 0.15) is 5.82 Å². The highest BCUT2D eigenvalue weighted by Gasteiger charge is 2.28. The lowest BCUT2D eigenvalue weighted by Gasteiger charge is -2.30. The second kappa shape index (κ2) is 15.1. The molecule has 0 radical (unpaired) electrons. The third-order valence-corrected chi connectivity index (χ3v) is 7.35. The standard InChI is InChI=1S/C18H24N4.C15H17N.C2H6/c1-12-7-8-15-9-10-16(21-18(15)20-12)14(3)22-11-5-6-17(22)13(2)19-4;1-12(16)15-9-7-14(8-10-15)11-13-5-3-2-4-6-13;1-2/h9-10,17,19H,1-3,5-8,11H2,4H3,(H,20,21);2-10,12H,11,16H2,1H3;1-2H3. The number of nitrogens with one attached hydrogen (secondary N) is 2. The Labute approximate surface area is 241 Å². The van der Waals surface area contributed by atoms with Crippen LogP contribution in [0.4, 0.5) is 5.82 Å². The quantitative estimate of drug-likeness (QED) is 0.292. The number of nitrogens with zero attached hydrogens (tertiary/aromatic N) is 2. The Hall–Kier alpha value is -3.83. The van der Waals surface area contributed by atoms with Gasteiger partial charge in [0, 0.05) is 31.0 Å². The van der Waals surface area contributed by atoms with Gasteiger partial charge in [0.05, 0.1) is 17.4 Å². The minimum absolute atomic E-state index is 0.116. The van der Waals surface area contributed by atoms with Crippen molar-refractivity contribution in [3.8, 4) is 0 Å². The van der Waals surface area contributed by atoms with Crippen LogP contribution in [0.1, 0.15) is 74.0 Å². The molecule has 5 rings (SSSR count). The van der Waals surface area contributed by atoms with Gasteiger partial charge in [0.2, 0.25) is 0 Å². The molecule has 1 aromatic heterocycles. The van der Waals surface area contributed by atoms with Crippen LogP contribution in [0.15, 0.2) is 97.9 Å². The smallest absolute Gasteiger partial charge is 0.134 e. The van der Waals surface area contributed by atoms with E-state index in [1.54, 1.807) is 0 Å². The summed E-state index contributed by atoms with van der Waals surface area (Å²) in [4.78, 5) is 7.08. The lowest BCUT2D eigenvalue weighted by atomic mass is 10.0. The number of likely N-dealkylation sites (N-methyl/N-ethyl adjacent to an activating group) is 1. The van der Waals surface area contributed by atoms with Crippen molar-refractivity contribution in [2.24, 2.45) is 5.73 Å². The molecule has 2 aromatic carbocycles. The van der Waals surface area contributed by atoms with E-state index in [-0.39, 0.29) is 6.04 Å². The maximum atomic E-state index is 5.82. The van der Waals surface area contributed by atoms with E-state index in [4.69, 9.17) is 10.7 Å². The van der Waals surface area contributed by atoms with Crippen molar-refractivity contribution in [3.05, 3.63) is 126 Å². The average Bonchev–Trinajstić information content (AvgIpc) is 3.48.